The lowest BCUT2D eigenvalue weighted by Crippen LogP contribution is -2.49. The predicted molar refractivity (Wildman–Crippen MR) is 120 cm³/mol. The zero-order valence-corrected chi connectivity index (χ0v) is 19.5. The molecule has 34 heavy (non-hydrogen) atoms. The van der Waals surface area contributed by atoms with Crippen molar-refractivity contribution in [2.45, 2.75) is 24.3 Å². The average molecular weight is 512 g/mol. The van der Waals surface area contributed by atoms with Crippen molar-refractivity contribution < 1.29 is 32.1 Å². The van der Waals surface area contributed by atoms with Gasteiger partial charge in [-0.15, -0.1) is 0 Å². The van der Waals surface area contributed by atoms with E-state index in [4.69, 9.17) is 16.3 Å². The summed E-state index contributed by atoms with van der Waals surface area (Å²) in [6.45, 7) is 1.18. The molecule has 1 atom stereocenters. The van der Waals surface area contributed by atoms with E-state index in [0.29, 0.717) is 4.31 Å². The summed E-state index contributed by atoms with van der Waals surface area (Å²) in [5.74, 6) is -2.19. The Hall–Kier alpha value is -3.51. The number of sulfonamides is 1. The van der Waals surface area contributed by atoms with E-state index < -0.39 is 49.2 Å². The lowest BCUT2D eigenvalue weighted by Gasteiger charge is -2.27. The number of carbonyl (C=O) groups is 2. The molecule has 0 radical (unpaired) electrons. The largest absolute Gasteiger partial charge is 0.496 e. The number of halogens is 2. The van der Waals surface area contributed by atoms with Crippen LogP contribution in [0.25, 0.3) is 6.08 Å². The molecule has 2 aromatic rings. The highest BCUT2D eigenvalue weighted by Crippen LogP contribution is 2.31. The summed E-state index contributed by atoms with van der Waals surface area (Å²) >= 11 is 5.78. The van der Waals surface area contributed by atoms with Gasteiger partial charge in [0, 0.05) is 23.7 Å². The third kappa shape index (κ3) is 4.73. The van der Waals surface area contributed by atoms with Crippen LogP contribution in [0.5, 0.6) is 5.75 Å². The number of nitro groups is 1. The lowest BCUT2D eigenvalue weighted by molar-refractivity contribution is -0.384. The second-order valence-corrected chi connectivity index (χ2v) is 9.40. The van der Waals surface area contributed by atoms with E-state index in [2.05, 4.69) is 5.32 Å². The first-order valence-corrected chi connectivity index (χ1v) is 11.7. The maximum absolute atomic E-state index is 13.8. The highest BCUT2D eigenvalue weighted by molar-refractivity contribution is 7.89. The number of benzene rings is 2. The molecule has 10 nitrogen and oxygen atoms in total. The number of rotatable bonds is 6. The zero-order chi connectivity index (χ0) is 25.2. The van der Waals surface area contributed by atoms with Gasteiger partial charge in [0.1, 0.15) is 22.6 Å². The van der Waals surface area contributed by atoms with Gasteiger partial charge in [-0.25, -0.2) is 17.1 Å². The molecule has 13 heteroatoms. The van der Waals surface area contributed by atoms with Gasteiger partial charge in [0.25, 0.3) is 21.6 Å². The Balaban J connectivity index is 2.18. The average Bonchev–Trinajstić information content (AvgIpc) is 2.90. The number of amides is 2. The van der Waals surface area contributed by atoms with Gasteiger partial charge in [0.05, 0.1) is 16.9 Å². The molecule has 1 N–H and O–H groups in total. The molecule has 1 saturated heterocycles. The summed E-state index contributed by atoms with van der Waals surface area (Å²) in [5.41, 5.74) is -0.697. The number of methoxy groups -OCH3 is 1. The highest BCUT2D eigenvalue weighted by Gasteiger charge is 2.42. The Labute approximate surface area is 199 Å². The van der Waals surface area contributed by atoms with Crippen molar-refractivity contribution in [2.24, 2.45) is 0 Å². The summed E-state index contributed by atoms with van der Waals surface area (Å²) < 4.78 is 46.3. The summed E-state index contributed by atoms with van der Waals surface area (Å²) in [6, 6.07) is 4.89. The number of nitrogens with zero attached hydrogens (tertiary/aromatic N) is 2. The van der Waals surface area contributed by atoms with E-state index in [1.165, 1.54) is 26.2 Å². The smallest absolute Gasteiger partial charge is 0.289 e. The van der Waals surface area contributed by atoms with Crippen LogP contribution in [0, 0.1) is 15.9 Å². The van der Waals surface area contributed by atoms with Crippen LogP contribution in [-0.2, 0) is 19.6 Å². The molecule has 1 heterocycles. The second kappa shape index (κ2) is 9.77. The van der Waals surface area contributed by atoms with Crippen LogP contribution in [0.15, 0.2) is 46.9 Å². The molecule has 2 aromatic carbocycles. The fraction of sp³-hybridized carbons (Fsp3) is 0.238. The zero-order valence-electron chi connectivity index (χ0n) is 17.9. The summed E-state index contributed by atoms with van der Waals surface area (Å²) in [5, 5.41) is 13.4. The number of carbonyl (C=O) groups excluding carboxylic acids is 2. The van der Waals surface area contributed by atoms with Crippen LogP contribution in [0.4, 0.5) is 10.1 Å². The number of ether oxygens (including phenoxy) is 1. The molecule has 1 aliphatic rings. The van der Waals surface area contributed by atoms with Crippen molar-refractivity contribution in [2.75, 3.05) is 13.7 Å². The maximum Gasteiger partial charge on any atom is 0.289 e. The van der Waals surface area contributed by atoms with Crippen molar-refractivity contribution >= 4 is 45.2 Å². The summed E-state index contributed by atoms with van der Waals surface area (Å²) in [6.07, 6.45) is 1.15. The Bertz CT molecular complexity index is 1310. The third-order valence-corrected chi connectivity index (χ3v) is 7.20. The molecule has 0 bridgehead atoms. The van der Waals surface area contributed by atoms with Gasteiger partial charge in [0.15, 0.2) is 0 Å². The van der Waals surface area contributed by atoms with Crippen molar-refractivity contribution in [3.8, 4) is 5.75 Å². The normalized spacial score (nSPS) is 17.9. The van der Waals surface area contributed by atoms with Crippen LogP contribution in [0.2, 0.25) is 5.02 Å². The SMILES string of the molecule is CC[C@@H]1C(=O)NCC(=Cc2cc(F)ccc2OC)C(=O)N1S(=O)(=O)c1ccc(Cl)c([N+](=O)[O-])c1. The van der Waals surface area contributed by atoms with Crippen LogP contribution in [0.3, 0.4) is 0 Å². The van der Waals surface area contributed by atoms with Crippen LogP contribution in [0.1, 0.15) is 18.9 Å². The lowest BCUT2D eigenvalue weighted by atomic mass is 10.1. The van der Waals surface area contributed by atoms with Gasteiger partial charge in [0.2, 0.25) is 5.91 Å². The van der Waals surface area contributed by atoms with Gasteiger partial charge in [-0.05, 0) is 42.8 Å². The van der Waals surface area contributed by atoms with Crippen LogP contribution in [-0.4, -0.2) is 49.2 Å². The molecule has 0 aliphatic carbocycles. The fourth-order valence-corrected chi connectivity index (χ4v) is 5.25. The molecule has 180 valence electrons. The number of nitro benzene ring substituents is 1. The van der Waals surface area contributed by atoms with Gasteiger partial charge in [-0.2, -0.15) is 0 Å². The first-order valence-electron chi connectivity index (χ1n) is 9.85. The molecule has 0 saturated carbocycles. The van der Waals surface area contributed by atoms with Gasteiger partial charge in [-0.1, -0.05) is 18.5 Å². The van der Waals surface area contributed by atoms with E-state index in [0.717, 1.165) is 30.3 Å². The molecule has 0 spiro atoms. The topological polar surface area (TPSA) is 136 Å². The molecule has 1 fully saturated rings. The molecule has 0 unspecified atom stereocenters. The molecular formula is C21H19ClFN3O7S. The van der Waals surface area contributed by atoms with Crippen molar-refractivity contribution in [3.63, 3.8) is 0 Å². The number of nitrogens with one attached hydrogen (secondary N) is 1. The minimum Gasteiger partial charge on any atom is -0.496 e. The molecular weight excluding hydrogens is 493 g/mol. The molecule has 3 rings (SSSR count). The second-order valence-electron chi connectivity index (χ2n) is 7.17. The van der Waals surface area contributed by atoms with Gasteiger partial charge < -0.3 is 10.1 Å². The quantitative estimate of drug-likeness (QED) is 0.357. The van der Waals surface area contributed by atoms with Crippen molar-refractivity contribution in [1.82, 2.24) is 9.62 Å². The minimum absolute atomic E-state index is 0.0664. The van der Waals surface area contributed by atoms with Gasteiger partial charge >= 0.3 is 0 Å². The first kappa shape index (κ1) is 25.1. The summed E-state index contributed by atoms with van der Waals surface area (Å²) in [7, 11) is -3.40. The maximum atomic E-state index is 13.8. The van der Waals surface area contributed by atoms with Crippen molar-refractivity contribution in [1.29, 1.82) is 0 Å². The Morgan fingerprint density at radius 3 is 2.62 bits per heavy atom. The monoisotopic (exact) mass is 511 g/mol. The van der Waals surface area contributed by atoms with E-state index in [9.17, 15) is 32.5 Å². The minimum atomic E-state index is -4.74. The molecule has 1 aliphatic heterocycles. The molecule has 2 amide bonds. The predicted octanol–water partition coefficient (Wildman–Crippen LogP) is 2.91. The standard InChI is InChI=1S/C21H19ClFN3O7S/c1-3-17-20(27)24-11-13(8-12-9-14(23)4-7-19(12)33-2)21(28)25(17)34(31,32)15-5-6-16(22)18(10-15)26(29)30/h4-10,17H,3,11H2,1-2H3,(H,24,27)/t17-/m1/s1. The number of hydrogen-bond acceptors (Lipinski definition) is 7. The fourth-order valence-electron chi connectivity index (χ4n) is 3.42. The first-order chi connectivity index (χ1) is 16.0. The van der Waals surface area contributed by atoms with E-state index in [1.807, 2.05) is 0 Å². The number of hydrogen-bond donors (Lipinski definition) is 1. The summed E-state index contributed by atoms with van der Waals surface area (Å²) in [4.78, 5) is 35.9. The molecule has 0 aromatic heterocycles. The Kier molecular flexibility index (Phi) is 7.22. The highest BCUT2D eigenvalue weighted by atomic mass is 35.5. The van der Waals surface area contributed by atoms with E-state index in [-0.39, 0.29) is 34.9 Å². The Morgan fingerprint density at radius 2 is 2.00 bits per heavy atom. The van der Waals surface area contributed by atoms with Gasteiger partial charge in [-0.3, -0.25) is 19.7 Å². The van der Waals surface area contributed by atoms with E-state index in [1.54, 1.807) is 0 Å². The van der Waals surface area contributed by atoms with Crippen LogP contribution >= 0.6 is 11.6 Å². The third-order valence-electron chi connectivity index (χ3n) is 5.09. The Morgan fingerprint density at radius 1 is 1.29 bits per heavy atom. The van der Waals surface area contributed by atoms with E-state index >= 15 is 0 Å². The van der Waals surface area contributed by atoms with Crippen LogP contribution < -0.4 is 10.1 Å². The van der Waals surface area contributed by atoms with Crippen molar-refractivity contribution in [3.05, 3.63) is 68.5 Å².